The van der Waals surface area contributed by atoms with Crippen LogP contribution in [0.15, 0.2) is 97.3 Å². The number of hydrogen-bond acceptors (Lipinski definition) is 5. The Labute approximate surface area is 216 Å². The van der Waals surface area contributed by atoms with Crippen LogP contribution >= 0.6 is 0 Å². The summed E-state index contributed by atoms with van der Waals surface area (Å²) in [5, 5.41) is 11.3. The van der Waals surface area contributed by atoms with Crippen LogP contribution < -0.4 is 15.2 Å². The van der Waals surface area contributed by atoms with Gasteiger partial charge in [-0.1, -0.05) is 60.7 Å². The predicted octanol–water partition coefficient (Wildman–Crippen LogP) is 5.56. The third-order valence-corrected chi connectivity index (χ3v) is 7.20. The molecule has 3 aromatic carbocycles. The van der Waals surface area contributed by atoms with Crippen molar-refractivity contribution in [1.29, 1.82) is 0 Å². The Morgan fingerprint density at radius 1 is 0.811 bits per heavy atom. The molecule has 5 aromatic rings. The molecule has 0 unspecified atom stereocenters. The number of para-hydroxylation sites is 1. The first-order valence-electron chi connectivity index (χ1n) is 12.7. The molecule has 0 spiro atoms. The van der Waals surface area contributed by atoms with E-state index in [2.05, 4.69) is 36.4 Å². The molecule has 2 aromatic heterocycles. The van der Waals surface area contributed by atoms with Crippen molar-refractivity contribution in [2.24, 2.45) is 5.73 Å². The van der Waals surface area contributed by atoms with Crippen molar-refractivity contribution in [2.75, 3.05) is 6.61 Å². The van der Waals surface area contributed by atoms with Gasteiger partial charge in [-0.05, 0) is 42.5 Å². The van der Waals surface area contributed by atoms with Crippen LogP contribution in [0.25, 0.3) is 33.5 Å². The van der Waals surface area contributed by atoms with Crippen LogP contribution in [0.4, 0.5) is 0 Å². The molecule has 184 valence electrons. The second kappa shape index (κ2) is 9.64. The van der Waals surface area contributed by atoms with E-state index in [1.165, 1.54) is 24.4 Å². The molecule has 0 bridgehead atoms. The topological polar surface area (TPSA) is 88.0 Å². The average Bonchev–Trinajstić information content (AvgIpc) is 2.93. The van der Waals surface area contributed by atoms with Crippen molar-refractivity contribution >= 4 is 11.0 Å². The summed E-state index contributed by atoms with van der Waals surface area (Å²) in [4.78, 5) is 10.2. The monoisotopic (exact) mass is 488 g/mol. The number of nitrogens with two attached hydrogens (primary N) is 1. The molecule has 6 heteroatoms. The zero-order valence-electron chi connectivity index (χ0n) is 20.5. The standard InChI is InChI=1S/C31H28N4O2/c32-31(17-5-18-31)25-12-10-24(11-13-25)29-28(23-6-2-1-3-7-23)33-26-8-4-9-27(30(26)34-29)37-21-16-22-14-19-35(36)20-15-22/h1-4,6-15,19-20H,5,16-18,21,32H2. The van der Waals surface area contributed by atoms with Crippen molar-refractivity contribution in [2.45, 2.75) is 31.2 Å². The van der Waals surface area contributed by atoms with E-state index < -0.39 is 0 Å². The molecule has 2 heterocycles. The minimum absolute atomic E-state index is 0.205. The molecule has 37 heavy (non-hydrogen) atoms. The van der Waals surface area contributed by atoms with E-state index in [1.807, 2.05) is 48.5 Å². The molecule has 0 amide bonds. The fraction of sp³-hybridized carbons (Fsp3) is 0.194. The molecule has 6 nitrogen and oxygen atoms in total. The van der Waals surface area contributed by atoms with Gasteiger partial charge >= 0.3 is 0 Å². The summed E-state index contributed by atoms with van der Waals surface area (Å²) in [5.74, 6) is 0.688. The van der Waals surface area contributed by atoms with Crippen LogP contribution in [0.1, 0.15) is 30.4 Å². The number of pyridine rings is 1. The first-order valence-corrected chi connectivity index (χ1v) is 12.7. The molecule has 0 atom stereocenters. The zero-order valence-corrected chi connectivity index (χ0v) is 20.5. The van der Waals surface area contributed by atoms with Crippen molar-refractivity contribution in [3.05, 3.63) is 114 Å². The lowest BCUT2D eigenvalue weighted by atomic mass is 9.72. The van der Waals surface area contributed by atoms with Gasteiger partial charge in [-0.25, -0.2) is 9.97 Å². The number of benzene rings is 3. The van der Waals surface area contributed by atoms with E-state index in [9.17, 15) is 5.21 Å². The molecular weight excluding hydrogens is 460 g/mol. The zero-order chi connectivity index (χ0) is 25.2. The quantitative estimate of drug-likeness (QED) is 0.239. The number of aromatic nitrogens is 3. The number of ether oxygens (including phenoxy) is 1. The van der Waals surface area contributed by atoms with E-state index in [-0.39, 0.29) is 5.54 Å². The summed E-state index contributed by atoms with van der Waals surface area (Å²) in [5.41, 5.74) is 13.7. The summed E-state index contributed by atoms with van der Waals surface area (Å²) >= 11 is 0. The maximum Gasteiger partial charge on any atom is 0.180 e. The lowest BCUT2D eigenvalue weighted by Crippen LogP contribution is -2.43. The smallest absolute Gasteiger partial charge is 0.180 e. The molecule has 1 aliphatic carbocycles. The van der Waals surface area contributed by atoms with Gasteiger partial charge in [-0.3, -0.25) is 0 Å². The first kappa shape index (κ1) is 23.1. The lowest BCUT2D eigenvalue weighted by molar-refractivity contribution is -0.605. The minimum Gasteiger partial charge on any atom is -0.619 e. The highest BCUT2D eigenvalue weighted by Crippen LogP contribution is 2.40. The largest absolute Gasteiger partial charge is 0.619 e. The number of hydrogen-bond donors (Lipinski definition) is 1. The summed E-state index contributed by atoms with van der Waals surface area (Å²) < 4.78 is 6.95. The van der Waals surface area contributed by atoms with Crippen LogP contribution in [0, 0.1) is 5.21 Å². The lowest BCUT2D eigenvalue weighted by Gasteiger charge is -2.38. The van der Waals surface area contributed by atoms with E-state index in [1.54, 1.807) is 0 Å². The van der Waals surface area contributed by atoms with Gasteiger partial charge in [0.25, 0.3) is 0 Å². The van der Waals surface area contributed by atoms with Gasteiger partial charge in [0.2, 0.25) is 0 Å². The molecule has 0 radical (unpaired) electrons. The van der Waals surface area contributed by atoms with Crippen molar-refractivity contribution in [1.82, 2.24) is 9.97 Å². The summed E-state index contributed by atoms with van der Waals surface area (Å²) in [7, 11) is 0. The van der Waals surface area contributed by atoms with Crippen molar-refractivity contribution in [3.63, 3.8) is 0 Å². The Morgan fingerprint density at radius 3 is 2.22 bits per heavy atom. The van der Waals surface area contributed by atoms with Crippen LogP contribution in [-0.2, 0) is 12.0 Å². The minimum atomic E-state index is -0.205. The van der Waals surface area contributed by atoms with Gasteiger partial charge in [0.15, 0.2) is 12.4 Å². The first-order chi connectivity index (χ1) is 18.1. The van der Waals surface area contributed by atoms with Crippen LogP contribution in [0.2, 0.25) is 0 Å². The molecule has 1 aliphatic rings. The number of rotatable bonds is 7. The Kier molecular flexibility index (Phi) is 6.02. The highest BCUT2D eigenvalue weighted by atomic mass is 16.5. The van der Waals surface area contributed by atoms with Gasteiger partial charge in [0.05, 0.1) is 23.5 Å². The summed E-state index contributed by atoms with van der Waals surface area (Å²) in [6.07, 6.45) is 6.91. The van der Waals surface area contributed by atoms with Crippen molar-refractivity contribution < 1.29 is 9.47 Å². The Hall–Kier alpha value is -4.29. The van der Waals surface area contributed by atoms with Crippen molar-refractivity contribution in [3.8, 4) is 28.3 Å². The maximum atomic E-state index is 11.3. The summed E-state index contributed by atoms with van der Waals surface area (Å²) in [6.45, 7) is 0.465. The molecule has 2 N–H and O–H groups in total. The SMILES string of the molecule is NC1(c2ccc(-c3nc4c(OCCc5cc[n+]([O-])cc5)cccc4nc3-c3ccccc3)cc2)CCC1. The van der Waals surface area contributed by atoms with Crippen LogP contribution in [-0.4, -0.2) is 16.6 Å². The molecule has 0 saturated heterocycles. The Bertz CT molecular complexity index is 1530. The molecule has 0 aliphatic heterocycles. The molecule has 1 fully saturated rings. The van der Waals surface area contributed by atoms with Crippen LogP contribution in [0.5, 0.6) is 5.75 Å². The van der Waals surface area contributed by atoms with Crippen LogP contribution in [0.3, 0.4) is 0 Å². The van der Waals surface area contributed by atoms with E-state index in [0.29, 0.717) is 18.8 Å². The molecule has 6 rings (SSSR count). The van der Waals surface area contributed by atoms with E-state index in [0.717, 1.165) is 56.7 Å². The fourth-order valence-electron chi connectivity index (χ4n) is 4.86. The highest BCUT2D eigenvalue weighted by Gasteiger charge is 2.34. The van der Waals surface area contributed by atoms with Gasteiger partial charge < -0.3 is 15.7 Å². The van der Waals surface area contributed by atoms with Gasteiger partial charge in [0.1, 0.15) is 11.3 Å². The number of fused-ring (bicyclic) bond motifs is 1. The third-order valence-electron chi connectivity index (χ3n) is 7.20. The molecular formula is C31H28N4O2. The highest BCUT2D eigenvalue weighted by molar-refractivity contribution is 5.89. The summed E-state index contributed by atoms with van der Waals surface area (Å²) in [6, 6.07) is 28.1. The Morgan fingerprint density at radius 2 is 1.51 bits per heavy atom. The third kappa shape index (κ3) is 4.63. The molecule has 1 saturated carbocycles. The second-order valence-electron chi connectivity index (χ2n) is 9.66. The van der Waals surface area contributed by atoms with E-state index >= 15 is 0 Å². The normalized spacial score (nSPS) is 14.3. The fourth-order valence-corrected chi connectivity index (χ4v) is 4.86. The number of nitrogens with zero attached hydrogens (tertiary/aromatic N) is 3. The van der Waals surface area contributed by atoms with Gasteiger partial charge in [-0.15, -0.1) is 0 Å². The van der Waals surface area contributed by atoms with Gasteiger partial charge in [-0.2, -0.15) is 4.73 Å². The van der Waals surface area contributed by atoms with E-state index in [4.69, 9.17) is 20.4 Å². The maximum absolute atomic E-state index is 11.3. The predicted molar refractivity (Wildman–Crippen MR) is 145 cm³/mol. The van der Waals surface area contributed by atoms with Gasteiger partial charge in [0, 0.05) is 35.2 Å². The second-order valence-corrected chi connectivity index (χ2v) is 9.66. The average molecular weight is 489 g/mol. The Balaban J connectivity index is 1.38.